The molecule has 3 aromatic rings. The maximum atomic E-state index is 13.1. The van der Waals surface area contributed by atoms with Crippen LogP contribution in [0.1, 0.15) is 21.6 Å². The fourth-order valence-electron chi connectivity index (χ4n) is 3.50. The van der Waals surface area contributed by atoms with Crippen LogP contribution >= 0.6 is 11.6 Å². The van der Waals surface area contributed by atoms with E-state index in [1.807, 2.05) is 0 Å². The Morgan fingerprint density at radius 3 is 2.45 bits per heavy atom. The van der Waals surface area contributed by atoms with Crippen molar-refractivity contribution in [3.63, 3.8) is 0 Å². The van der Waals surface area contributed by atoms with Gasteiger partial charge in [-0.3, -0.25) is 9.52 Å². The number of halogens is 1. The summed E-state index contributed by atoms with van der Waals surface area (Å²) in [5.41, 5.74) is 1.57. The van der Waals surface area contributed by atoms with E-state index in [-0.39, 0.29) is 26.7 Å². The van der Waals surface area contributed by atoms with Gasteiger partial charge in [-0.2, -0.15) is 4.73 Å². The Balaban J connectivity index is 1.61. The summed E-state index contributed by atoms with van der Waals surface area (Å²) in [5, 5.41) is 12.2. The summed E-state index contributed by atoms with van der Waals surface area (Å²) in [6, 6.07) is 13.8. The van der Waals surface area contributed by atoms with Gasteiger partial charge < -0.3 is 14.8 Å². The third-order valence-electron chi connectivity index (χ3n) is 5.36. The first-order valence-corrected chi connectivity index (χ1v) is 12.1. The number of morpholine rings is 1. The molecule has 1 saturated heterocycles. The SMILES string of the molecule is Cc1ccc(C(=O)c2cc(Cl)ccc2NS(=O)(=O)c2ccc(N3CCOCC3)cc2)c[n+]1[O-]. The second-order valence-corrected chi connectivity index (χ2v) is 9.72. The Morgan fingerprint density at radius 1 is 1.09 bits per heavy atom. The standard InChI is InChI=1S/C23H22ClN3O5S/c1-16-2-3-17(15-27(16)29)23(28)21-14-18(24)4-9-22(21)25-33(30,31)20-7-5-19(6-8-20)26-10-12-32-13-11-26/h2-9,14-15,25H,10-13H2,1H3. The van der Waals surface area contributed by atoms with Crippen LogP contribution in [0.25, 0.3) is 0 Å². The topological polar surface area (TPSA) is 103 Å². The molecule has 4 rings (SSSR count). The summed E-state index contributed by atoms with van der Waals surface area (Å²) in [4.78, 5) is 15.2. The van der Waals surface area contributed by atoms with E-state index in [1.165, 1.54) is 42.5 Å². The molecular formula is C23H22ClN3O5S. The van der Waals surface area contributed by atoms with E-state index in [1.54, 1.807) is 19.1 Å². The first-order valence-electron chi connectivity index (χ1n) is 10.2. The van der Waals surface area contributed by atoms with Crippen LogP contribution in [-0.2, 0) is 14.8 Å². The number of hydrogen-bond acceptors (Lipinski definition) is 6. The van der Waals surface area contributed by atoms with E-state index >= 15 is 0 Å². The molecule has 0 atom stereocenters. The van der Waals surface area contributed by atoms with Gasteiger partial charge >= 0.3 is 0 Å². The van der Waals surface area contributed by atoms with Gasteiger partial charge in [-0.25, -0.2) is 8.42 Å². The van der Waals surface area contributed by atoms with E-state index in [0.717, 1.165) is 25.0 Å². The van der Waals surface area contributed by atoms with Crippen molar-refractivity contribution >= 4 is 38.8 Å². The van der Waals surface area contributed by atoms with Crippen LogP contribution in [0.5, 0.6) is 0 Å². The number of hydrogen-bond donors (Lipinski definition) is 1. The lowest BCUT2D eigenvalue weighted by atomic mass is 10.0. The fourth-order valence-corrected chi connectivity index (χ4v) is 4.75. The molecule has 1 aliphatic heterocycles. The lowest BCUT2D eigenvalue weighted by molar-refractivity contribution is -0.612. The minimum absolute atomic E-state index is 0.0415. The first-order chi connectivity index (χ1) is 15.7. The zero-order chi connectivity index (χ0) is 23.6. The quantitative estimate of drug-likeness (QED) is 0.325. The fraction of sp³-hybridized carbons (Fsp3) is 0.217. The Bertz CT molecular complexity index is 1290. The number of nitrogens with one attached hydrogen (secondary N) is 1. The number of nitrogens with zero attached hydrogens (tertiary/aromatic N) is 2. The highest BCUT2D eigenvalue weighted by Crippen LogP contribution is 2.27. The number of pyridine rings is 1. The third kappa shape index (κ3) is 5.11. The number of rotatable bonds is 6. The van der Waals surface area contributed by atoms with Crippen molar-refractivity contribution in [3.05, 3.63) is 87.8 Å². The van der Waals surface area contributed by atoms with Crippen LogP contribution in [-0.4, -0.2) is 40.5 Å². The molecule has 0 amide bonds. The van der Waals surface area contributed by atoms with E-state index < -0.39 is 15.8 Å². The average molecular weight is 488 g/mol. The predicted molar refractivity (Wildman–Crippen MR) is 125 cm³/mol. The summed E-state index contributed by atoms with van der Waals surface area (Å²) in [6.45, 7) is 4.35. The number of ketones is 1. The van der Waals surface area contributed by atoms with Crippen molar-refractivity contribution in [2.75, 3.05) is 35.9 Å². The summed E-state index contributed by atoms with van der Waals surface area (Å²) in [5.74, 6) is -0.525. The molecule has 33 heavy (non-hydrogen) atoms. The number of carbonyl (C=O) groups is 1. The van der Waals surface area contributed by atoms with Gasteiger partial charge in [0.15, 0.2) is 11.9 Å². The summed E-state index contributed by atoms with van der Waals surface area (Å²) in [6.07, 6.45) is 1.15. The summed E-state index contributed by atoms with van der Waals surface area (Å²) >= 11 is 6.07. The maximum absolute atomic E-state index is 13.1. The Hall–Kier alpha value is -3.14. The Kier molecular flexibility index (Phi) is 6.55. The van der Waals surface area contributed by atoms with Crippen LogP contribution in [0, 0.1) is 12.1 Å². The van der Waals surface area contributed by atoms with Crippen molar-refractivity contribution in [2.45, 2.75) is 11.8 Å². The van der Waals surface area contributed by atoms with Gasteiger partial charge in [0.25, 0.3) is 10.0 Å². The molecule has 0 bridgehead atoms. The first kappa shape index (κ1) is 23.0. The number of benzene rings is 2. The number of sulfonamides is 1. The van der Waals surface area contributed by atoms with Crippen molar-refractivity contribution in [1.82, 2.24) is 0 Å². The van der Waals surface area contributed by atoms with Gasteiger partial charge in [-0.05, 0) is 48.5 Å². The van der Waals surface area contributed by atoms with Gasteiger partial charge in [0.1, 0.15) is 0 Å². The smallest absolute Gasteiger partial charge is 0.261 e. The van der Waals surface area contributed by atoms with Gasteiger partial charge in [0, 0.05) is 42.4 Å². The minimum Gasteiger partial charge on any atom is -0.618 e. The zero-order valence-electron chi connectivity index (χ0n) is 17.8. The number of aromatic nitrogens is 1. The zero-order valence-corrected chi connectivity index (χ0v) is 19.4. The van der Waals surface area contributed by atoms with Gasteiger partial charge in [0.05, 0.1) is 29.4 Å². The van der Waals surface area contributed by atoms with Crippen LogP contribution < -0.4 is 14.4 Å². The summed E-state index contributed by atoms with van der Waals surface area (Å²) < 4.78 is 34.5. The molecule has 2 aromatic carbocycles. The van der Waals surface area contributed by atoms with Crippen LogP contribution in [0.2, 0.25) is 5.02 Å². The molecule has 1 fully saturated rings. The third-order valence-corrected chi connectivity index (χ3v) is 6.98. The maximum Gasteiger partial charge on any atom is 0.261 e. The van der Waals surface area contributed by atoms with Crippen molar-refractivity contribution < 1.29 is 22.7 Å². The van der Waals surface area contributed by atoms with Gasteiger partial charge in [-0.15, -0.1) is 0 Å². The highest BCUT2D eigenvalue weighted by Gasteiger charge is 2.22. The Labute approximate surface area is 197 Å². The minimum atomic E-state index is -3.98. The predicted octanol–water partition coefficient (Wildman–Crippen LogP) is 3.15. The van der Waals surface area contributed by atoms with Crippen LogP contribution in [0.4, 0.5) is 11.4 Å². The molecule has 172 valence electrons. The van der Waals surface area contributed by atoms with Crippen molar-refractivity contribution in [1.29, 1.82) is 0 Å². The average Bonchev–Trinajstić information content (AvgIpc) is 2.82. The number of ether oxygens (including phenoxy) is 1. The molecule has 1 aromatic heterocycles. The molecule has 10 heteroatoms. The highest BCUT2D eigenvalue weighted by atomic mass is 35.5. The lowest BCUT2D eigenvalue weighted by Gasteiger charge is -2.28. The number of carbonyl (C=O) groups excluding carboxylic acids is 1. The molecule has 0 spiro atoms. The Morgan fingerprint density at radius 2 is 1.79 bits per heavy atom. The highest BCUT2D eigenvalue weighted by molar-refractivity contribution is 7.92. The van der Waals surface area contributed by atoms with Crippen LogP contribution in [0.3, 0.4) is 0 Å². The van der Waals surface area contributed by atoms with Crippen molar-refractivity contribution in [2.24, 2.45) is 0 Å². The summed E-state index contributed by atoms with van der Waals surface area (Å²) in [7, 11) is -3.98. The molecule has 0 aliphatic carbocycles. The molecule has 0 saturated carbocycles. The second kappa shape index (κ2) is 9.38. The van der Waals surface area contributed by atoms with E-state index in [4.69, 9.17) is 16.3 Å². The number of aryl methyl sites for hydroxylation is 1. The van der Waals surface area contributed by atoms with E-state index in [2.05, 4.69) is 9.62 Å². The van der Waals surface area contributed by atoms with E-state index in [0.29, 0.717) is 23.6 Å². The molecular weight excluding hydrogens is 466 g/mol. The number of anilines is 2. The monoisotopic (exact) mass is 487 g/mol. The molecule has 2 heterocycles. The lowest BCUT2D eigenvalue weighted by Crippen LogP contribution is -2.36. The normalized spacial score (nSPS) is 14.2. The van der Waals surface area contributed by atoms with Crippen molar-refractivity contribution in [3.8, 4) is 0 Å². The molecule has 1 aliphatic rings. The molecule has 8 nitrogen and oxygen atoms in total. The van der Waals surface area contributed by atoms with Gasteiger partial charge in [0.2, 0.25) is 5.78 Å². The van der Waals surface area contributed by atoms with E-state index in [9.17, 15) is 18.4 Å². The molecule has 0 unspecified atom stereocenters. The molecule has 0 radical (unpaired) electrons. The molecule has 1 N–H and O–H groups in total. The largest absolute Gasteiger partial charge is 0.618 e. The van der Waals surface area contributed by atoms with Gasteiger partial charge in [-0.1, -0.05) is 11.6 Å². The van der Waals surface area contributed by atoms with Crippen LogP contribution in [0.15, 0.2) is 65.7 Å². The second-order valence-electron chi connectivity index (χ2n) is 7.60.